The van der Waals surface area contributed by atoms with Crippen molar-refractivity contribution in [1.82, 2.24) is 0 Å². The van der Waals surface area contributed by atoms with E-state index in [0.717, 1.165) is 16.7 Å². The third-order valence-electron chi connectivity index (χ3n) is 4.46. The molecule has 1 atom stereocenters. The van der Waals surface area contributed by atoms with E-state index < -0.39 is 15.9 Å². The number of halogens is 1. The molecule has 3 aromatic carbocycles. The van der Waals surface area contributed by atoms with E-state index in [1.54, 1.807) is 12.1 Å². The molecule has 30 heavy (non-hydrogen) atoms. The average molecular weight is 441 g/mol. The van der Waals surface area contributed by atoms with Crippen LogP contribution in [0.5, 0.6) is 0 Å². The molecule has 0 fully saturated rings. The molecule has 0 bridgehead atoms. The van der Waals surface area contributed by atoms with Crippen LogP contribution < -0.4 is 0 Å². The van der Waals surface area contributed by atoms with Gasteiger partial charge in [-0.2, -0.15) is 0 Å². The van der Waals surface area contributed by atoms with Gasteiger partial charge in [-0.15, -0.1) is 0 Å². The van der Waals surface area contributed by atoms with Crippen LogP contribution in [0.25, 0.3) is 17.2 Å². The second-order valence-corrected chi connectivity index (χ2v) is 9.40. The van der Waals surface area contributed by atoms with Gasteiger partial charge >= 0.3 is 0 Å². The van der Waals surface area contributed by atoms with Crippen molar-refractivity contribution in [3.05, 3.63) is 95.0 Å². The first-order chi connectivity index (χ1) is 14.3. The van der Waals surface area contributed by atoms with Crippen molar-refractivity contribution in [2.75, 3.05) is 5.75 Å². The summed E-state index contributed by atoms with van der Waals surface area (Å²) in [5.74, 6) is -0.605. The topological polar surface area (TPSA) is 71.4 Å². The Bertz CT molecular complexity index is 1170. The Morgan fingerprint density at radius 3 is 2.33 bits per heavy atom. The minimum Gasteiger partial charge on any atom is -0.392 e. The number of hydrogen-bond acceptors (Lipinski definition) is 4. The van der Waals surface area contributed by atoms with Crippen LogP contribution >= 0.6 is 11.6 Å². The summed E-state index contributed by atoms with van der Waals surface area (Å²) in [6, 6.07) is 21.0. The molecule has 0 heterocycles. The smallest absolute Gasteiger partial charge is 0.185 e. The van der Waals surface area contributed by atoms with Crippen LogP contribution in [0.1, 0.15) is 22.8 Å². The molecule has 0 spiro atoms. The highest BCUT2D eigenvalue weighted by molar-refractivity contribution is 7.91. The van der Waals surface area contributed by atoms with Crippen LogP contribution in [0, 0.1) is 0 Å². The lowest BCUT2D eigenvalue weighted by Crippen LogP contribution is -2.17. The van der Waals surface area contributed by atoms with Gasteiger partial charge in [0.25, 0.3) is 0 Å². The molecule has 6 heteroatoms. The summed E-state index contributed by atoms with van der Waals surface area (Å²) in [6.45, 7) is 1.42. The van der Waals surface area contributed by atoms with E-state index in [-0.39, 0.29) is 16.4 Å². The minimum absolute atomic E-state index is 0.0779. The van der Waals surface area contributed by atoms with Gasteiger partial charge in [-0.05, 0) is 60.5 Å². The predicted molar refractivity (Wildman–Crippen MR) is 120 cm³/mol. The number of aliphatic hydroxyl groups is 1. The van der Waals surface area contributed by atoms with E-state index in [1.165, 1.54) is 37.3 Å². The van der Waals surface area contributed by atoms with Crippen LogP contribution in [0.2, 0.25) is 5.02 Å². The molecule has 1 N–H and O–H groups in total. The standard InChI is InChI=1S/C24H21ClO4S/c1-17(26)16-30(28,29)21-11-9-20(10-12-21)24(27)14-8-18-7-13-23(25)22(15-18)19-5-3-2-4-6-19/h2-15,17,26H,16H2,1H3/b14-8+/t17-/m1/s1. The molecular formula is C24H21ClO4S. The molecule has 0 aliphatic heterocycles. The van der Waals surface area contributed by atoms with Gasteiger partial charge in [0, 0.05) is 16.1 Å². The number of benzene rings is 3. The summed E-state index contributed by atoms with van der Waals surface area (Å²) in [7, 11) is -3.58. The first kappa shape index (κ1) is 22.0. The Kier molecular flexibility index (Phi) is 6.87. The molecule has 0 saturated heterocycles. The fourth-order valence-electron chi connectivity index (χ4n) is 2.99. The van der Waals surface area contributed by atoms with E-state index in [2.05, 4.69) is 0 Å². The number of hydrogen-bond donors (Lipinski definition) is 1. The minimum atomic E-state index is -3.58. The molecule has 0 unspecified atom stereocenters. The van der Waals surface area contributed by atoms with Crippen molar-refractivity contribution in [3.8, 4) is 11.1 Å². The lowest BCUT2D eigenvalue weighted by Gasteiger charge is -2.07. The third kappa shape index (κ3) is 5.45. The zero-order valence-electron chi connectivity index (χ0n) is 16.3. The number of sulfone groups is 1. The van der Waals surface area contributed by atoms with E-state index >= 15 is 0 Å². The first-order valence-corrected chi connectivity index (χ1v) is 11.4. The molecule has 154 valence electrons. The molecular weight excluding hydrogens is 420 g/mol. The largest absolute Gasteiger partial charge is 0.392 e. The van der Waals surface area contributed by atoms with Gasteiger partial charge in [-0.3, -0.25) is 4.79 Å². The molecule has 3 aromatic rings. The van der Waals surface area contributed by atoms with Crippen molar-refractivity contribution in [3.63, 3.8) is 0 Å². The highest BCUT2D eigenvalue weighted by Crippen LogP contribution is 2.29. The molecule has 0 saturated carbocycles. The SMILES string of the molecule is C[C@@H](O)CS(=O)(=O)c1ccc(C(=O)/C=C/c2ccc(Cl)c(-c3ccccc3)c2)cc1. The Morgan fingerprint density at radius 2 is 1.70 bits per heavy atom. The summed E-state index contributed by atoms with van der Waals surface area (Å²) in [5.41, 5.74) is 3.06. The van der Waals surface area contributed by atoms with Crippen molar-refractivity contribution in [2.45, 2.75) is 17.9 Å². The van der Waals surface area contributed by atoms with Crippen LogP contribution in [0.4, 0.5) is 0 Å². The highest BCUT2D eigenvalue weighted by Gasteiger charge is 2.17. The van der Waals surface area contributed by atoms with Gasteiger partial charge < -0.3 is 5.11 Å². The first-order valence-electron chi connectivity index (χ1n) is 9.34. The monoisotopic (exact) mass is 440 g/mol. The van der Waals surface area contributed by atoms with Gasteiger partial charge in [0.15, 0.2) is 15.6 Å². The summed E-state index contributed by atoms with van der Waals surface area (Å²) in [5, 5.41) is 9.95. The average Bonchev–Trinajstić information content (AvgIpc) is 2.73. The normalized spacial score (nSPS) is 12.8. The molecule has 0 aliphatic carbocycles. The Balaban J connectivity index is 1.78. The zero-order valence-corrected chi connectivity index (χ0v) is 17.9. The van der Waals surface area contributed by atoms with E-state index in [4.69, 9.17) is 11.6 Å². The van der Waals surface area contributed by atoms with Gasteiger partial charge in [0.2, 0.25) is 0 Å². The summed E-state index contributed by atoms with van der Waals surface area (Å²) in [4.78, 5) is 12.6. The quantitative estimate of drug-likeness (QED) is 0.412. The number of ketones is 1. The number of carbonyl (C=O) groups excluding carboxylic acids is 1. The maximum Gasteiger partial charge on any atom is 0.185 e. The van der Waals surface area contributed by atoms with E-state index in [0.29, 0.717) is 10.6 Å². The molecule has 0 aliphatic rings. The van der Waals surface area contributed by atoms with E-state index in [9.17, 15) is 18.3 Å². The van der Waals surface area contributed by atoms with Gasteiger partial charge in [-0.25, -0.2) is 8.42 Å². The summed E-state index contributed by atoms with van der Waals surface area (Å²) in [6.07, 6.45) is 2.18. The molecule has 0 radical (unpaired) electrons. The summed E-state index contributed by atoms with van der Waals surface area (Å²) < 4.78 is 24.3. The fourth-order valence-corrected chi connectivity index (χ4v) is 4.60. The number of allylic oxidation sites excluding steroid dienone is 1. The Labute approximate surface area is 181 Å². The van der Waals surface area contributed by atoms with Crippen molar-refractivity contribution in [2.24, 2.45) is 0 Å². The van der Waals surface area contributed by atoms with Crippen LogP contribution in [-0.4, -0.2) is 31.2 Å². The molecule has 0 aromatic heterocycles. The van der Waals surface area contributed by atoms with Gasteiger partial charge in [0.05, 0.1) is 16.8 Å². The van der Waals surface area contributed by atoms with E-state index in [1.807, 2.05) is 42.5 Å². The molecule has 3 rings (SSSR count). The second kappa shape index (κ2) is 9.39. The Morgan fingerprint density at radius 1 is 1.03 bits per heavy atom. The summed E-state index contributed by atoms with van der Waals surface area (Å²) >= 11 is 6.32. The van der Waals surface area contributed by atoms with Gasteiger partial charge in [0.1, 0.15) is 0 Å². The number of rotatable bonds is 7. The zero-order chi connectivity index (χ0) is 21.7. The second-order valence-electron chi connectivity index (χ2n) is 6.96. The van der Waals surface area contributed by atoms with Crippen molar-refractivity contribution in [1.29, 1.82) is 0 Å². The predicted octanol–water partition coefficient (Wildman–Crippen LogP) is 5.06. The molecule has 4 nitrogen and oxygen atoms in total. The van der Waals surface area contributed by atoms with Crippen LogP contribution in [-0.2, 0) is 9.84 Å². The third-order valence-corrected chi connectivity index (χ3v) is 6.70. The van der Waals surface area contributed by atoms with Crippen molar-refractivity contribution >= 4 is 33.3 Å². The highest BCUT2D eigenvalue weighted by atomic mass is 35.5. The lowest BCUT2D eigenvalue weighted by molar-refractivity contribution is 0.104. The van der Waals surface area contributed by atoms with Crippen LogP contribution in [0.15, 0.2) is 83.8 Å². The number of carbonyl (C=O) groups is 1. The van der Waals surface area contributed by atoms with Crippen molar-refractivity contribution < 1.29 is 18.3 Å². The Hall–Kier alpha value is -2.73. The molecule has 0 amide bonds. The number of aliphatic hydroxyl groups excluding tert-OH is 1. The maximum absolute atomic E-state index is 12.5. The van der Waals surface area contributed by atoms with Crippen LogP contribution in [0.3, 0.4) is 0 Å². The lowest BCUT2D eigenvalue weighted by atomic mass is 10.0. The fraction of sp³-hybridized carbons (Fsp3) is 0.125. The van der Waals surface area contributed by atoms with Gasteiger partial charge in [-0.1, -0.05) is 54.1 Å². The maximum atomic E-state index is 12.5.